The quantitative estimate of drug-likeness (QED) is 0.595. The molecule has 2 heterocycles. The maximum absolute atomic E-state index is 13.2. The highest BCUT2D eigenvalue weighted by molar-refractivity contribution is 5.59. The van der Waals surface area contributed by atoms with Crippen molar-refractivity contribution in [2.45, 2.75) is 38.8 Å². The zero-order valence-corrected chi connectivity index (χ0v) is 16.4. The Labute approximate surface area is 171 Å². The predicted octanol–water partition coefficient (Wildman–Crippen LogP) is 4.32. The average molecular weight is 418 g/mol. The third-order valence-electron chi connectivity index (χ3n) is 4.40. The fourth-order valence-electron chi connectivity index (χ4n) is 2.52. The Hall–Kier alpha value is -3.20. The van der Waals surface area contributed by atoms with Crippen molar-refractivity contribution in [1.82, 2.24) is 15.0 Å². The van der Waals surface area contributed by atoms with Gasteiger partial charge in [-0.2, -0.15) is 18.2 Å². The van der Waals surface area contributed by atoms with E-state index in [0.717, 1.165) is 16.8 Å². The summed E-state index contributed by atoms with van der Waals surface area (Å²) < 4.78 is 44.9. The van der Waals surface area contributed by atoms with E-state index in [9.17, 15) is 18.3 Å². The minimum atomic E-state index is -4.67. The molecule has 0 aliphatic rings. The number of halogens is 3. The Morgan fingerprint density at radius 1 is 1.07 bits per heavy atom. The summed E-state index contributed by atoms with van der Waals surface area (Å²) in [5.41, 5.74) is 1.59. The number of rotatable bonds is 7. The van der Waals surface area contributed by atoms with Crippen LogP contribution in [0.15, 0.2) is 54.9 Å². The first-order chi connectivity index (χ1) is 14.2. The first kappa shape index (κ1) is 21.5. The fraction of sp³-hybridized carbons (Fsp3) is 0.286. The topological polar surface area (TPSA) is 80.2 Å². The van der Waals surface area contributed by atoms with Gasteiger partial charge >= 0.3 is 6.18 Å². The predicted molar refractivity (Wildman–Crippen MR) is 106 cm³/mol. The van der Waals surface area contributed by atoms with E-state index in [1.807, 2.05) is 42.5 Å². The Kier molecular flexibility index (Phi) is 6.51. The van der Waals surface area contributed by atoms with Crippen LogP contribution < -0.4 is 10.1 Å². The number of aliphatic hydroxyl groups excluding tert-OH is 1. The second-order valence-corrected chi connectivity index (χ2v) is 6.74. The van der Waals surface area contributed by atoms with Crippen molar-refractivity contribution >= 4 is 5.95 Å². The largest absolute Gasteiger partial charge is 0.471 e. The molecule has 30 heavy (non-hydrogen) atoms. The van der Waals surface area contributed by atoms with Crippen molar-refractivity contribution < 1.29 is 23.0 Å². The van der Waals surface area contributed by atoms with Crippen molar-refractivity contribution in [3.63, 3.8) is 0 Å². The van der Waals surface area contributed by atoms with Gasteiger partial charge in [0.25, 0.3) is 0 Å². The molecule has 0 fully saturated rings. The molecule has 2 N–H and O–H groups in total. The minimum absolute atomic E-state index is 0.00963. The van der Waals surface area contributed by atoms with Crippen LogP contribution in [0.2, 0.25) is 0 Å². The summed E-state index contributed by atoms with van der Waals surface area (Å²) in [6.07, 6.45) is -4.12. The van der Waals surface area contributed by atoms with E-state index in [0.29, 0.717) is 12.7 Å². The Balaban J connectivity index is 1.73. The minimum Gasteiger partial charge on any atom is -0.471 e. The monoisotopic (exact) mass is 418 g/mol. The molecule has 0 amide bonds. The summed E-state index contributed by atoms with van der Waals surface area (Å²) in [6.45, 7) is 3.19. The highest BCUT2D eigenvalue weighted by Gasteiger charge is 2.37. The average Bonchev–Trinajstić information content (AvgIpc) is 2.72. The summed E-state index contributed by atoms with van der Waals surface area (Å²) in [6, 6.07) is 13.2. The molecule has 0 saturated heterocycles. The number of anilines is 1. The van der Waals surface area contributed by atoms with Gasteiger partial charge in [-0.15, -0.1) is 0 Å². The van der Waals surface area contributed by atoms with Crippen LogP contribution >= 0.6 is 0 Å². The molecule has 0 aliphatic heterocycles. The second-order valence-electron chi connectivity index (χ2n) is 6.74. The van der Waals surface area contributed by atoms with Gasteiger partial charge in [-0.25, -0.2) is 4.98 Å². The molecule has 0 aliphatic carbocycles. The van der Waals surface area contributed by atoms with Gasteiger partial charge in [0.15, 0.2) is 0 Å². The molecule has 0 radical (unpaired) electrons. The molecule has 9 heteroatoms. The van der Waals surface area contributed by atoms with Crippen LogP contribution in [0.25, 0.3) is 11.3 Å². The lowest BCUT2D eigenvalue weighted by molar-refractivity contribution is -0.140. The number of nitrogens with one attached hydrogen (secondary N) is 1. The van der Waals surface area contributed by atoms with Crippen LogP contribution in [0.1, 0.15) is 25.0 Å². The molecule has 0 saturated carbocycles. The zero-order valence-electron chi connectivity index (χ0n) is 16.4. The Morgan fingerprint density at radius 3 is 2.40 bits per heavy atom. The van der Waals surface area contributed by atoms with Crippen LogP contribution in [0.3, 0.4) is 0 Å². The number of alkyl halides is 3. The van der Waals surface area contributed by atoms with Gasteiger partial charge in [-0.1, -0.05) is 30.3 Å². The van der Waals surface area contributed by atoms with E-state index >= 15 is 0 Å². The molecule has 158 valence electrons. The first-order valence-corrected chi connectivity index (χ1v) is 9.27. The number of ether oxygens (including phenoxy) is 1. The SMILES string of the molecule is C[C@@H](O)[C@@H](C)Oc1nc(NCc2ccc(-c3ccccn3)cc2)ncc1C(F)(F)F. The second kappa shape index (κ2) is 9.08. The molecule has 1 aromatic carbocycles. The standard InChI is InChI=1S/C21H21F3N4O2/c1-13(29)14(2)30-19-17(21(22,23)24)12-27-20(28-19)26-11-15-6-8-16(9-7-15)18-5-3-4-10-25-18/h3-10,12-14,29H,11H2,1-2H3,(H,26,27,28)/t13-,14-/m1/s1. The fourth-order valence-corrected chi connectivity index (χ4v) is 2.52. The van der Waals surface area contributed by atoms with Gasteiger partial charge in [0.2, 0.25) is 11.8 Å². The van der Waals surface area contributed by atoms with Gasteiger partial charge in [0.1, 0.15) is 11.7 Å². The van der Waals surface area contributed by atoms with Crippen LogP contribution in [-0.4, -0.2) is 32.3 Å². The van der Waals surface area contributed by atoms with E-state index in [2.05, 4.69) is 20.3 Å². The number of benzene rings is 1. The van der Waals surface area contributed by atoms with E-state index < -0.39 is 29.8 Å². The smallest absolute Gasteiger partial charge is 0.423 e. The van der Waals surface area contributed by atoms with Crippen molar-refractivity contribution in [2.24, 2.45) is 0 Å². The van der Waals surface area contributed by atoms with Gasteiger partial charge in [-0.3, -0.25) is 4.98 Å². The number of hydrogen-bond acceptors (Lipinski definition) is 6. The molecule has 2 aromatic heterocycles. The third kappa shape index (κ3) is 5.44. The molecule has 3 aromatic rings. The van der Waals surface area contributed by atoms with E-state index in [4.69, 9.17) is 4.74 Å². The molecule has 0 bridgehead atoms. The molecule has 2 atom stereocenters. The number of pyridine rings is 1. The summed E-state index contributed by atoms with van der Waals surface area (Å²) >= 11 is 0. The first-order valence-electron chi connectivity index (χ1n) is 9.27. The highest BCUT2D eigenvalue weighted by atomic mass is 19.4. The molecule has 0 spiro atoms. The zero-order chi connectivity index (χ0) is 21.7. The number of aromatic nitrogens is 3. The summed E-state index contributed by atoms with van der Waals surface area (Å²) in [5, 5.41) is 12.4. The third-order valence-corrected chi connectivity index (χ3v) is 4.40. The van der Waals surface area contributed by atoms with Crippen LogP contribution in [-0.2, 0) is 12.7 Å². The Morgan fingerprint density at radius 2 is 1.80 bits per heavy atom. The van der Waals surface area contributed by atoms with E-state index in [1.54, 1.807) is 6.20 Å². The van der Waals surface area contributed by atoms with E-state index in [-0.39, 0.29) is 5.95 Å². The van der Waals surface area contributed by atoms with Gasteiger partial charge in [0, 0.05) is 24.5 Å². The van der Waals surface area contributed by atoms with E-state index in [1.165, 1.54) is 13.8 Å². The highest BCUT2D eigenvalue weighted by Crippen LogP contribution is 2.35. The summed E-state index contributed by atoms with van der Waals surface area (Å²) in [5.74, 6) is -0.636. The molecular formula is C21H21F3N4O2. The normalized spacial score (nSPS) is 13.5. The van der Waals surface area contributed by atoms with Crippen molar-refractivity contribution in [2.75, 3.05) is 5.32 Å². The van der Waals surface area contributed by atoms with Gasteiger partial charge in [-0.05, 0) is 31.5 Å². The van der Waals surface area contributed by atoms with Gasteiger partial charge < -0.3 is 15.2 Å². The Bertz CT molecular complexity index is 964. The molecule has 3 rings (SSSR count). The van der Waals surface area contributed by atoms with Crippen molar-refractivity contribution in [3.05, 3.63) is 66.0 Å². The summed E-state index contributed by atoms with van der Waals surface area (Å²) in [7, 11) is 0. The van der Waals surface area contributed by atoms with Crippen LogP contribution in [0.5, 0.6) is 5.88 Å². The summed E-state index contributed by atoms with van der Waals surface area (Å²) in [4.78, 5) is 11.9. The van der Waals surface area contributed by atoms with Crippen molar-refractivity contribution in [3.8, 4) is 17.1 Å². The molecule has 0 unspecified atom stereocenters. The van der Waals surface area contributed by atoms with Crippen molar-refractivity contribution in [1.29, 1.82) is 0 Å². The lowest BCUT2D eigenvalue weighted by Gasteiger charge is -2.20. The maximum atomic E-state index is 13.2. The number of hydrogen-bond donors (Lipinski definition) is 2. The maximum Gasteiger partial charge on any atom is 0.423 e. The molecule has 6 nitrogen and oxygen atoms in total. The number of nitrogens with zero attached hydrogens (tertiary/aromatic N) is 3. The molecular weight excluding hydrogens is 397 g/mol. The van der Waals surface area contributed by atoms with Crippen LogP contribution in [0, 0.1) is 0 Å². The lowest BCUT2D eigenvalue weighted by atomic mass is 10.1. The lowest BCUT2D eigenvalue weighted by Crippen LogP contribution is -2.27. The van der Waals surface area contributed by atoms with Gasteiger partial charge in [0.05, 0.1) is 11.8 Å². The number of aliphatic hydroxyl groups is 1. The van der Waals surface area contributed by atoms with Crippen LogP contribution in [0.4, 0.5) is 19.1 Å².